The molecule has 1 fully saturated rings. The first-order valence-corrected chi connectivity index (χ1v) is 7.95. The smallest absolute Gasteiger partial charge is 0.303 e. The molecule has 0 aromatic carbocycles. The summed E-state index contributed by atoms with van der Waals surface area (Å²) in [5.41, 5.74) is -0.282. The average molecular weight is 273 g/mol. The molecule has 104 valence electrons. The highest BCUT2D eigenvalue weighted by molar-refractivity contribution is 7.98. The van der Waals surface area contributed by atoms with Gasteiger partial charge in [0.05, 0.1) is 6.42 Å². The van der Waals surface area contributed by atoms with Gasteiger partial charge in [-0.2, -0.15) is 11.8 Å². The van der Waals surface area contributed by atoms with Crippen molar-refractivity contribution in [3.8, 4) is 0 Å². The molecule has 0 bridgehead atoms. The Balaban J connectivity index is 2.36. The Morgan fingerprint density at radius 1 is 1.28 bits per heavy atom. The van der Waals surface area contributed by atoms with Gasteiger partial charge >= 0.3 is 5.97 Å². The van der Waals surface area contributed by atoms with Crippen LogP contribution < -0.4 is 5.32 Å². The molecule has 1 aliphatic rings. The largest absolute Gasteiger partial charge is 0.481 e. The van der Waals surface area contributed by atoms with Crippen LogP contribution in [0.1, 0.15) is 44.9 Å². The van der Waals surface area contributed by atoms with Crippen molar-refractivity contribution in [2.45, 2.75) is 44.9 Å². The van der Waals surface area contributed by atoms with E-state index in [1.54, 1.807) is 11.8 Å². The van der Waals surface area contributed by atoms with Gasteiger partial charge in [-0.25, -0.2) is 0 Å². The Labute approximate surface area is 113 Å². The summed E-state index contributed by atoms with van der Waals surface area (Å²) >= 11 is 1.76. The number of carboxylic acid groups (broad SMARTS) is 1. The Morgan fingerprint density at radius 2 is 1.94 bits per heavy atom. The van der Waals surface area contributed by atoms with Crippen molar-refractivity contribution in [2.24, 2.45) is 5.41 Å². The fraction of sp³-hybridized carbons (Fsp3) is 0.846. The second kappa shape index (κ2) is 7.67. The number of amides is 1. The van der Waals surface area contributed by atoms with E-state index in [2.05, 4.69) is 5.32 Å². The maximum atomic E-state index is 11.8. The highest BCUT2D eigenvalue weighted by Crippen LogP contribution is 2.43. The second-order valence-corrected chi connectivity index (χ2v) is 6.14. The van der Waals surface area contributed by atoms with Crippen molar-refractivity contribution in [1.82, 2.24) is 5.32 Å². The molecule has 0 unspecified atom stereocenters. The highest BCUT2D eigenvalue weighted by Gasteiger charge is 2.37. The summed E-state index contributed by atoms with van der Waals surface area (Å²) in [5.74, 6) is 0.270. The van der Waals surface area contributed by atoms with Crippen LogP contribution in [0.5, 0.6) is 0 Å². The molecule has 1 saturated carbocycles. The van der Waals surface area contributed by atoms with Crippen LogP contribution in [-0.4, -0.2) is 35.5 Å². The van der Waals surface area contributed by atoms with Crippen molar-refractivity contribution in [1.29, 1.82) is 0 Å². The first-order chi connectivity index (χ1) is 8.58. The SMILES string of the molecule is CSCCCNC(=O)CC1(CC(=O)O)CCCC1. The molecule has 0 radical (unpaired) electrons. The van der Waals surface area contributed by atoms with Crippen molar-refractivity contribution in [3.05, 3.63) is 0 Å². The van der Waals surface area contributed by atoms with Gasteiger partial charge < -0.3 is 10.4 Å². The lowest BCUT2D eigenvalue weighted by Crippen LogP contribution is -2.32. The minimum absolute atomic E-state index is 0.0132. The first kappa shape index (κ1) is 15.3. The van der Waals surface area contributed by atoms with Gasteiger partial charge in [0, 0.05) is 13.0 Å². The van der Waals surface area contributed by atoms with Crippen molar-refractivity contribution in [3.63, 3.8) is 0 Å². The molecule has 1 amide bonds. The van der Waals surface area contributed by atoms with Gasteiger partial charge in [-0.05, 0) is 36.7 Å². The van der Waals surface area contributed by atoms with Crippen molar-refractivity contribution < 1.29 is 14.7 Å². The van der Waals surface area contributed by atoms with Gasteiger partial charge in [0.1, 0.15) is 0 Å². The van der Waals surface area contributed by atoms with Gasteiger partial charge in [0.2, 0.25) is 5.91 Å². The fourth-order valence-corrected chi connectivity index (χ4v) is 3.14. The van der Waals surface area contributed by atoms with Crippen molar-refractivity contribution in [2.75, 3.05) is 18.6 Å². The van der Waals surface area contributed by atoms with Gasteiger partial charge in [-0.1, -0.05) is 12.8 Å². The zero-order valence-electron chi connectivity index (χ0n) is 11.0. The van der Waals surface area contributed by atoms with Crippen LogP contribution in [0.25, 0.3) is 0 Å². The normalized spacial score (nSPS) is 17.6. The Bertz CT molecular complexity index is 288. The maximum absolute atomic E-state index is 11.8. The number of hydrogen-bond acceptors (Lipinski definition) is 3. The second-order valence-electron chi connectivity index (χ2n) is 5.15. The number of carbonyl (C=O) groups excluding carboxylic acids is 1. The van der Waals surface area contributed by atoms with E-state index < -0.39 is 5.97 Å². The van der Waals surface area contributed by atoms with E-state index in [9.17, 15) is 9.59 Å². The molecular weight excluding hydrogens is 250 g/mol. The molecule has 1 aliphatic carbocycles. The third-order valence-corrected chi connectivity index (χ3v) is 4.27. The van der Waals surface area contributed by atoms with Crippen LogP contribution >= 0.6 is 11.8 Å². The molecule has 0 aromatic heterocycles. The standard InChI is InChI=1S/C13H23NO3S/c1-18-8-4-7-14-11(15)9-13(10-12(16)17)5-2-3-6-13/h2-10H2,1H3,(H,14,15)(H,16,17). The predicted molar refractivity (Wildman–Crippen MR) is 73.8 cm³/mol. The summed E-state index contributed by atoms with van der Waals surface area (Å²) in [6.07, 6.45) is 7.36. The monoisotopic (exact) mass is 273 g/mol. The summed E-state index contributed by atoms with van der Waals surface area (Å²) in [6, 6.07) is 0. The summed E-state index contributed by atoms with van der Waals surface area (Å²) in [7, 11) is 0. The topological polar surface area (TPSA) is 66.4 Å². The lowest BCUT2D eigenvalue weighted by atomic mass is 9.79. The van der Waals surface area contributed by atoms with E-state index in [1.807, 2.05) is 6.26 Å². The Hall–Kier alpha value is -0.710. The van der Waals surface area contributed by atoms with Crippen LogP contribution in [0.4, 0.5) is 0 Å². The minimum Gasteiger partial charge on any atom is -0.481 e. The number of aliphatic carboxylic acids is 1. The summed E-state index contributed by atoms with van der Waals surface area (Å²) in [6.45, 7) is 0.697. The van der Waals surface area contributed by atoms with Gasteiger partial charge in [-0.3, -0.25) is 9.59 Å². The van der Waals surface area contributed by atoms with E-state index in [0.717, 1.165) is 37.9 Å². The highest BCUT2D eigenvalue weighted by atomic mass is 32.2. The molecule has 18 heavy (non-hydrogen) atoms. The van der Waals surface area contributed by atoms with Gasteiger partial charge in [0.25, 0.3) is 0 Å². The van der Waals surface area contributed by atoms with Gasteiger partial charge in [0.15, 0.2) is 0 Å². The number of thioether (sulfide) groups is 1. The van der Waals surface area contributed by atoms with Crippen LogP contribution in [0.3, 0.4) is 0 Å². The van der Waals surface area contributed by atoms with Gasteiger partial charge in [-0.15, -0.1) is 0 Å². The van der Waals surface area contributed by atoms with Crippen LogP contribution in [0.2, 0.25) is 0 Å². The predicted octanol–water partition coefficient (Wildman–Crippen LogP) is 2.28. The molecule has 1 rings (SSSR count). The van der Waals surface area contributed by atoms with Crippen LogP contribution in [0, 0.1) is 5.41 Å². The lowest BCUT2D eigenvalue weighted by Gasteiger charge is -2.26. The number of rotatable bonds is 8. The average Bonchev–Trinajstić information content (AvgIpc) is 2.71. The fourth-order valence-electron chi connectivity index (χ4n) is 2.71. The van der Waals surface area contributed by atoms with E-state index in [4.69, 9.17) is 5.11 Å². The Morgan fingerprint density at radius 3 is 2.50 bits per heavy atom. The van der Waals surface area contributed by atoms with E-state index in [0.29, 0.717) is 13.0 Å². The maximum Gasteiger partial charge on any atom is 0.303 e. The summed E-state index contributed by atoms with van der Waals surface area (Å²) < 4.78 is 0. The molecule has 0 atom stereocenters. The lowest BCUT2D eigenvalue weighted by molar-refractivity contribution is -0.140. The molecule has 0 spiro atoms. The summed E-state index contributed by atoms with van der Waals surface area (Å²) in [5, 5.41) is 11.9. The number of carboxylic acids is 1. The molecule has 4 nitrogen and oxygen atoms in total. The molecule has 0 saturated heterocycles. The molecule has 0 heterocycles. The van der Waals surface area contributed by atoms with Crippen molar-refractivity contribution >= 4 is 23.6 Å². The Kier molecular flexibility index (Phi) is 6.54. The molecular formula is C13H23NO3S. The summed E-state index contributed by atoms with van der Waals surface area (Å²) in [4.78, 5) is 22.7. The molecule has 2 N–H and O–H groups in total. The number of nitrogens with one attached hydrogen (secondary N) is 1. The van der Waals surface area contributed by atoms with Crippen LogP contribution in [0.15, 0.2) is 0 Å². The van der Waals surface area contributed by atoms with Crippen LogP contribution in [-0.2, 0) is 9.59 Å². The number of hydrogen-bond donors (Lipinski definition) is 2. The quantitative estimate of drug-likeness (QED) is 0.666. The third kappa shape index (κ3) is 5.29. The molecule has 5 heteroatoms. The van der Waals surface area contributed by atoms with E-state index in [-0.39, 0.29) is 17.7 Å². The third-order valence-electron chi connectivity index (χ3n) is 3.57. The molecule has 0 aliphatic heterocycles. The van der Waals surface area contributed by atoms with E-state index in [1.165, 1.54) is 0 Å². The zero-order chi connectivity index (χ0) is 13.4. The minimum atomic E-state index is -0.785. The molecule has 0 aromatic rings. The first-order valence-electron chi connectivity index (χ1n) is 6.55. The zero-order valence-corrected chi connectivity index (χ0v) is 11.9. The van der Waals surface area contributed by atoms with E-state index >= 15 is 0 Å². The number of carbonyl (C=O) groups is 2.